The molecule has 11 heavy (non-hydrogen) atoms. The zero-order valence-electron chi connectivity index (χ0n) is 7.47. The number of hydrogen-bond acceptors (Lipinski definition) is 2. The van der Waals surface area contributed by atoms with Crippen LogP contribution in [0.5, 0.6) is 0 Å². The van der Waals surface area contributed by atoms with Crippen LogP contribution in [-0.4, -0.2) is 20.9 Å². The van der Waals surface area contributed by atoms with Gasteiger partial charge < -0.3 is 11.5 Å². The molecular formula is C7H19N2OSi. The van der Waals surface area contributed by atoms with E-state index in [0.29, 0.717) is 6.54 Å². The quantitative estimate of drug-likeness (QED) is 0.603. The van der Waals surface area contributed by atoms with Gasteiger partial charge in [-0.05, 0) is 38.5 Å². The molecule has 1 radical (unpaired) electrons. The first-order valence-corrected chi connectivity index (χ1v) is 7.23. The third-order valence-electron chi connectivity index (χ3n) is 1.65. The van der Waals surface area contributed by atoms with Gasteiger partial charge >= 0.3 is 0 Å². The average molecular weight is 175 g/mol. The van der Waals surface area contributed by atoms with Crippen LogP contribution in [0.25, 0.3) is 0 Å². The van der Waals surface area contributed by atoms with Gasteiger partial charge in [-0.15, -0.1) is 0 Å². The van der Waals surface area contributed by atoms with E-state index in [1.807, 2.05) is 13.1 Å². The Bertz CT molecular complexity index is 103. The van der Waals surface area contributed by atoms with Gasteiger partial charge in [0.05, 0.1) is 0 Å². The Morgan fingerprint density at radius 2 is 1.91 bits per heavy atom. The van der Waals surface area contributed by atoms with Crippen molar-refractivity contribution >= 4 is 8.32 Å². The van der Waals surface area contributed by atoms with Gasteiger partial charge in [0.15, 0.2) is 0 Å². The molecular weight excluding hydrogens is 156 g/mol. The molecule has 0 aliphatic rings. The lowest BCUT2D eigenvalue weighted by Gasteiger charge is -2.14. The van der Waals surface area contributed by atoms with Gasteiger partial charge in [-0.25, -0.2) is 0 Å². The molecule has 1 atom stereocenters. The van der Waals surface area contributed by atoms with E-state index in [4.69, 9.17) is 11.5 Å². The van der Waals surface area contributed by atoms with E-state index in [9.17, 15) is 4.80 Å². The number of rotatable bonds is 5. The standard InChI is InChI=1S/C7H19N2OSi/c1-11(2,10)6-4-7(9)3-5-8/h7H,3-6,8-9H2,1-2H3. The molecule has 3 nitrogen and oxygen atoms in total. The van der Waals surface area contributed by atoms with Crippen LogP contribution in [0.15, 0.2) is 0 Å². The average Bonchev–Trinajstić information content (AvgIpc) is 1.83. The summed E-state index contributed by atoms with van der Waals surface area (Å²) in [4.78, 5) is 11.3. The fourth-order valence-corrected chi connectivity index (χ4v) is 1.96. The maximum Gasteiger partial charge on any atom is 0.231 e. The van der Waals surface area contributed by atoms with Crippen LogP contribution in [0.1, 0.15) is 12.8 Å². The number of hydrogen-bond donors (Lipinski definition) is 2. The fourth-order valence-electron chi connectivity index (χ4n) is 0.891. The van der Waals surface area contributed by atoms with Crippen LogP contribution in [-0.2, 0) is 4.80 Å². The zero-order valence-corrected chi connectivity index (χ0v) is 8.47. The van der Waals surface area contributed by atoms with E-state index in [2.05, 4.69) is 0 Å². The molecule has 0 fully saturated rings. The molecule has 67 valence electrons. The molecule has 1 unspecified atom stereocenters. The summed E-state index contributed by atoms with van der Waals surface area (Å²) < 4.78 is 0. The van der Waals surface area contributed by atoms with E-state index in [0.717, 1.165) is 18.9 Å². The van der Waals surface area contributed by atoms with Crippen molar-refractivity contribution in [1.82, 2.24) is 0 Å². The summed E-state index contributed by atoms with van der Waals surface area (Å²) in [5.41, 5.74) is 11.0. The Morgan fingerprint density at radius 1 is 1.36 bits per heavy atom. The Kier molecular flexibility index (Phi) is 4.91. The highest BCUT2D eigenvalue weighted by Gasteiger charge is 2.20. The second-order valence-electron chi connectivity index (χ2n) is 3.64. The van der Waals surface area contributed by atoms with Gasteiger partial charge in [0.25, 0.3) is 0 Å². The minimum Gasteiger partial charge on any atom is -0.330 e. The minimum absolute atomic E-state index is 0.140. The van der Waals surface area contributed by atoms with Crippen LogP contribution < -0.4 is 11.5 Å². The maximum atomic E-state index is 11.3. The molecule has 0 aromatic heterocycles. The van der Waals surface area contributed by atoms with Crippen LogP contribution in [0.4, 0.5) is 0 Å². The first-order chi connectivity index (χ1) is 4.95. The molecule has 0 amide bonds. The summed E-state index contributed by atoms with van der Waals surface area (Å²) >= 11 is 0. The van der Waals surface area contributed by atoms with E-state index < -0.39 is 8.32 Å². The van der Waals surface area contributed by atoms with Gasteiger partial charge in [-0.1, -0.05) is 0 Å². The number of nitrogens with two attached hydrogens (primary N) is 2. The second kappa shape index (κ2) is 4.87. The van der Waals surface area contributed by atoms with Gasteiger partial charge in [0, 0.05) is 6.04 Å². The molecule has 0 aliphatic heterocycles. The largest absolute Gasteiger partial charge is 0.330 e. The molecule has 0 bridgehead atoms. The molecule has 0 spiro atoms. The Hall–Kier alpha value is 0.0969. The maximum absolute atomic E-state index is 11.3. The first-order valence-electron chi connectivity index (χ1n) is 4.12. The summed E-state index contributed by atoms with van der Waals surface area (Å²) in [6.07, 6.45) is 1.68. The minimum atomic E-state index is -2.12. The highest BCUT2D eigenvalue weighted by molar-refractivity contribution is 6.69. The molecule has 0 saturated heterocycles. The Morgan fingerprint density at radius 3 is 2.27 bits per heavy atom. The molecule has 0 rings (SSSR count). The lowest BCUT2D eigenvalue weighted by atomic mass is 10.2. The lowest BCUT2D eigenvalue weighted by molar-refractivity contribution is 0.421. The molecule has 4 heteroatoms. The predicted octanol–water partition coefficient (Wildman–Crippen LogP) is 0.688. The molecule has 0 aliphatic carbocycles. The highest BCUT2D eigenvalue weighted by atomic mass is 28.4. The third kappa shape index (κ3) is 8.00. The molecule has 4 N–H and O–H groups in total. The Labute approximate surface area is 69.9 Å². The summed E-state index contributed by atoms with van der Waals surface area (Å²) in [6.45, 7) is 4.27. The van der Waals surface area contributed by atoms with E-state index in [-0.39, 0.29) is 6.04 Å². The first kappa shape index (κ1) is 11.1. The monoisotopic (exact) mass is 175 g/mol. The van der Waals surface area contributed by atoms with Crippen molar-refractivity contribution in [3.63, 3.8) is 0 Å². The summed E-state index contributed by atoms with van der Waals surface area (Å²) in [7, 11) is -2.12. The fraction of sp³-hybridized carbons (Fsp3) is 1.00. The van der Waals surface area contributed by atoms with Gasteiger partial charge in [0.1, 0.15) is 0 Å². The molecule has 0 saturated carbocycles. The second-order valence-corrected chi connectivity index (χ2v) is 7.66. The molecule has 0 aromatic carbocycles. The highest BCUT2D eigenvalue weighted by Crippen LogP contribution is 2.10. The normalized spacial score (nSPS) is 15.0. The van der Waals surface area contributed by atoms with Crippen LogP contribution in [0.3, 0.4) is 0 Å². The van der Waals surface area contributed by atoms with Crippen molar-refractivity contribution in [2.45, 2.75) is 38.0 Å². The predicted molar refractivity (Wildman–Crippen MR) is 49.2 cm³/mol. The van der Waals surface area contributed by atoms with E-state index in [1.165, 1.54) is 0 Å². The van der Waals surface area contributed by atoms with Crippen molar-refractivity contribution in [3.05, 3.63) is 0 Å². The van der Waals surface area contributed by atoms with E-state index >= 15 is 0 Å². The molecule has 0 aromatic rings. The lowest BCUT2D eigenvalue weighted by Crippen LogP contribution is -2.29. The third-order valence-corrected chi connectivity index (χ3v) is 3.15. The van der Waals surface area contributed by atoms with E-state index in [1.54, 1.807) is 0 Å². The van der Waals surface area contributed by atoms with Gasteiger partial charge in [-0.2, -0.15) is 0 Å². The molecule has 0 heterocycles. The van der Waals surface area contributed by atoms with Crippen LogP contribution in [0.2, 0.25) is 19.1 Å². The summed E-state index contributed by atoms with van der Waals surface area (Å²) in [6, 6.07) is 0.912. The van der Waals surface area contributed by atoms with Gasteiger partial charge in [0.2, 0.25) is 8.32 Å². The van der Waals surface area contributed by atoms with Crippen molar-refractivity contribution in [3.8, 4) is 0 Å². The summed E-state index contributed by atoms with van der Waals surface area (Å²) in [5.74, 6) is 0. The SMILES string of the molecule is C[Si](C)([O])CCC(N)CCN. The smallest absolute Gasteiger partial charge is 0.231 e. The zero-order chi connectivity index (χ0) is 8.91. The van der Waals surface area contributed by atoms with Crippen molar-refractivity contribution in [2.75, 3.05) is 6.54 Å². The topological polar surface area (TPSA) is 71.9 Å². The van der Waals surface area contributed by atoms with Crippen molar-refractivity contribution < 1.29 is 4.80 Å². The van der Waals surface area contributed by atoms with Crippen molar-refractivity contribution in [1.29, 1.82) is 0 Å². The van der Waals surface area contributed by atoms with Crippen molar-refractivity contribution in [2.24, 2.45) is 11.5 Å². The van der Waals surface area contributed by atoms with Crippen LogP contribution >= 0.6 is 0 Å². The van der Waals surface area contributed by atoms with Crippen LogP contribution in [0, 0.1) is 0 Å². The van der Waals surface area contributed by atoms with Gasteiger partial charge in [-0.3, -0.25) is 4.80 Å². The Balaban J connectivity index is 3.38. The summed E-state index contributed by atoms with van der Waals surface area (Å²) in [5, 5.41) is 0.